The van der Waals surface area contributed by atoms with Crippen LogP contribution >= 0.6 is 0 Å². The minimum Gasteiger partial charge on any atom is -0.391 e. The summed E-state index contributed by atoms with van der Waals surface area (Å²) < 4.78 is 0. The number of aliphatic hydroxyl groups is 3. The van der Waals surface area contributed by atoms with Crippen molar-refractivity contribution in [1.82, 2.24) is 0 Å². The lowest BCUT2D eigenvalue weighted by Gasteiger charge is -2.14. The highest BCUT2D eigenvalue weighted by Gasteiger charge is 2.16. The van der Waals surface area contributed by atoms with Gasteiger partial charge in [-0.2, -0.15) is 0 Å². The Bertz CT molecular complexity index is 44.9. The van der Waals surface area contributed by atoms with Gasteiger partial charge in [0.15, 0.2) is 5.79 Å². The van der Waals surface area contributed by atoms with E-state index in [0.717, 1.165) is 0 Å². The molecule has 0 aliphatic rings. The van der Waals surface area contributed by atoms with Crippen LogP contribution in [-0.4, -0.2) is 27.7 Å². The van der Waals surface area contributed by atoms with Crippen molar-refractivity contribution < 1.29 is 15.3 Å². The monoisotopic (exact) mass is 106 g/mol. The van der Waals surface area contributed by atoms with Crippen molar-refractivity contribution in [2.75, 3.05) is 6.61 Å². The third kappa shape index (κ3) is 2.56. The molecule has 3 nitrogen and oxygen atoms in total. The van der Waals surface area contributed by atoms with Crippen LogP contribution in [0.15, 0.2) is 0 Å². The van der Waals surface area contributed by atoms with E-state index in [1.807, 2.05) is 0 Å². The van der Waals surface area contributed by atoms with Gasteiger partial charge in [0.2, 0.25) is 0 Å². The zero-order chi connectivity index (χ0) is 5.91. The van der Waals surface area contributed by atoms with Gasteiger partial charge in [0.1, 0.15) is 0 Å². The first-order chi connectivity index (χ1) is 3.12. The molecule has 0 unspecified atom stereocenters. The summed E-state index contributed by atoms with van der Waals surface area (Å²) in [5.74, 6) is -1.86. The second-order valence-corrected chi connectivity index (χ2v) is 1.49. The summed E-state index contributed by atoms with van der Waals surface area (Å²) in [5, 5.41) is 25.0. The summed E-state index contributed by atoms with van der Waals surface area (Å²) in [4.78, 5) is 0. The molecule has 44 valence electrons. The van der Waals surface area contributed by atoms with E-state index in [2.05, 4.69) is 0 Å². The molecule has 3 N–H and O–H groups in total. The third-order valence-corrected chi connectivity index (χ3v) is 0.819. The van der Waals surface area contributed by atoms with E-state index in [9.17, 15) is 0 Å². The Labute approximate surface area is 42.2 Å². The molecule has 0 rings (SSSR count). The number of hydrogen-bond donors (Lipinski definition) is 3. The van der Waals surface area contributed by atoms with Gasteiger partial charge in [-0.15, -0.1) is 0 Å². The molecule has 0 fully saturated rings. The minimum atomic E-state index is -1.86. The number of hydrogen-bond acceptors (Lipinski definition) is 3. The highest BCUT2D eigenvalue weighted by molar-refractivity contribution is 4.56. The zero-order valence-corrected chi connectivity index (χ0v) is 4.26. The van der Waals surface area contributed by atoms with Crippen LogP contribution in [0.1, 0.15) is 13.3 Å². The summed E-state index contributed by atoms with van der Waals surface area (Å²) in [7, 11) is 0. The summed E-state index contributed by atoms with van der Waals surface area (Å²) in [5.41, 5.74) is 0. The Morgan fingerprint density at radius 3 is 1.86 bits per heavy atom. The molecule has 0 heterocycles. The Morgan fingerprint density at radius 2 is 1.86 bits per heavy atom. The fourth-order valence-electron chi connectivity index (χ4n) is 0.112. The minimum absolute atomic E-state index is 0.156. The normalized spacial score (nSPS) is 12.0. The maximum Gasteiger partial charge on any atom is 0.186 e. The van der Waals surface area contributed by atoms with Gasteiger partial charge in [0.05, 0.1) is 6.61 Å². The quantitative estimate of drug-likeness (QED) is 0.398. The van der Waals surface area contributed by atoms with Gasteiger partial charge in [-0.05, 0) is 0 Å². The summed E-state index contributed by atoms with van der Waals surface area (Å²) in [6, 6.07) is 0. The molecule has 0 aliphatic heterocycles. The van der Waals surface area contributed by atoms with Crippen LogP contribution in [0.3, 0.4) is 0 Å². The van der Waals surface area contributed by atoms with Gasteiger partial charge in [0, 0.05) is 6.42 Å². The first-order valence-electron chi connectivity index (χ1n) is 2.18. The van der Waals surface area contributed by atoms with E-state index >= 15 is 0 Å². The van der Waals surface area contributed by atoms with E-state index in [4.69, 9.17) is 15.3 Å². The average Bonchev–Trinajstić information content (AvgIpc) is 1.68. The average molecular weight is 106 g/mol. The predicted molar refractivity (Wildman–Crippen MR) is 24.5 cm³/mol. The Hall–Kier alpha value is -0.120. The first kappa shape index (κ1) is 6.88. The SMILES string of the molecule is CCC(O)(O)CO. The molecule has 7 heavy (non-hydrogen) atoms. The maximum absolute atomic E-state index is 8.44. The largest absolute Gasteiger partial charge is 0.391 e. The van der Waals surface area contributed by atoms with Gasteiger partial charge in [-0.1, -0.05) is 6.92 Å². The van der Waals surface area contributed by atoms with Crippen LogP contribution in [-0.2, 0) is 0 Å². The van der Waals surface area contributed by atoms with Crippen molar-refractivity contribution in [3.8, 4) is 0 Å². The molecule has 0 atom stereocenters. The molecule has 0 aromatic rings. The molecule has 3 heteroatoms. The predicted octanol–water partition coefficient (Wildman–Crippen LogP) is -0.930. The van der Waals surface area contributed by atoms with Crippen molar-refractivity contribution in [2.45, 2.75) is 19.1 Å². The second-order valence-electron chi connectivity index (χ2n) is 1.49. The van der Waals surface area contributed by atoms with E-state index in [1.165, 1.54) is 0 Å². The molecular formula is C4H10O3. The molecule has 0 aromatic heterocycles. The van der Waals surface area contributed by atoms with Gasteiger partial charge >= 0.3 is 0 Å². The van der Waals surface area contributed by atoms with Crippen LogP contribution < -0.4 is 0 Å². The molecule has 0 bridgehead atoms. The third-order valence-electron chi connectivity index (χ3n) is 0.819. The van der Waals surface area contributed by atoms with E-state index in [1.54, 1.807) is 6.92 Å². The van der Waals surface area contributed by atoms with Crippen molar-refractivity contribution in [2.24, 2.45) is 0 Å². The van der Waals surface area contributed by atoms with Crippen LogP contribution in [0, 0.1) is 0 Å². The Kier molecular flexibility index (Phi) is 2.22. The fraction of sp³-hybridized carbons (Fsp3) is 1.00. The molecule has 0 amide bonds. The summed E-state index contributed by atoms with van der Waals surface area (Å²) in [6.07, 6.45) is 0.156. The van der Waals surface area contributed by atoms with Gasteiger partial charge in [-0.3, -0.25) is 0 Å². The maximum atomic E-state index is 8.44. The van der Waals surface area contributed by atoms with Gasteiger partial charge in [-0.25, -0.2) is 0 Å². The van der Waals surface area contributed by atoms with Crippen LogP contribution in [0.25, 0.3) is 0 Å². The highest BCUT2D eigenvalue weighted by atomic mass is 16.5. The van der Waals surface area contributed by atoms with E-state index in [-0.39, 0.29) is 6.42 Å². The molecular weight excluding hydrogens is 96.0 g/mol. The van der Waals surface area contributed by atoms with Crippen LogP contribution in [0.4, 0.5) is 0 Å². The van der Waals surface area contributed by atoms with E-state index < -0.39 is 12.4 Å². The number of aliphatic hydroxyl groups excluding tert-OH is 1. The molecule has 0 radical (unpaired) electrons. The van der Waals surface area contributed by atoms with Crippen LogP contribution in [0.5, 0.6) is 0 Å². The smallest absolute Gasteiger partial charge is 0.186 e. The van der Waals surface area contributed by atoms with E-state index in [0.29, 0.717) is 0 Å². The molecule has 0 saturated heterocycles. The Morgan fingerprint density at radius 1 is 1.43 bits per heavy atom. The van der Waals surface area contributed by atoms with Crippen molar-refractivity contribution in [1.29, 1.82) is 0 Å². The zero-order valence-electron chi connectivity index (χ0n) is 4.26. The van der Waals surface area contributed by atoms with Crippen molar-refractivity contribution in [3.63, 3.8) is 0 Å². The van der Waals surface area contributed by atoms with Gasteiger partial charge in [0.25, 0.3) is 0 Å². The standard InChI is InChI=1S/C4H10O3/c1-2-4(6,7)3-5/h5-7H,2-3H2,1H3. The summed E-state index contributed by atoms with van der Waals surface area (Å²) in [6.45, 7) is 0.986. The van der Waals surface area contributed by atoms with Crippen molar-refractivity contribution >= 4 is 0 Å². The van der Waals surface area contributed by atoms with Crippen LogP contribution in [0.2, 0.25) is 0 Å². The molecule has 0 spiro atoms. The lowest BCUT2D eigenvalue weighted by atomic mass is 10.2. The molecule has 0 aliphatic carbocycles. The van der Waals surface area contributed by atoms with Gasteiger partial charge < -0.3 is 15.3 Å². The van der Waals surface area contributed by atoms with Crippen molar-refractivity contribution in [3.05, 3.63) is 0 Å². The highest BCUT2D eigenvalue weighted by Crippen LogP contribution is 2.00. The lowest BCUT2D eigenvalue weighted by molar-refractivity contribution is -0.187. The summed E-state index contributed by atoms with van der Waals surface area (Å²) >= 11 is 0. The molecule has 0 saturated carbocycles. The lowest BCUT2D eigenvalue weighted by Crippen LogP contribution is -2.31. The number of rotatable bonds is 2. The fourth-order valence-corrected chi connectivity index (χ4v) is 0.112. The first-order valence-corrected chi connectivity index (χ1v) is 2.18. The topological polar surface area (TPSA) is 60.7 Å². The second kappa shape index (κ2) is 2.26. The Balaban J connectivity index is 3.36. The molecule has 0 aromatic carbocycles.